The Morgan fingerprint density at radius 2 is 2.10 bits per heavy atom. The van der Waals surface area contributed by atoms with Gasteiger partial charge in [-0.25, -0.2) is 15.0 Å². The van der Waals surface area contributed by atoms with Gasteiger partial charge in [-0.1, -0.05) is 24.9 Å². The topological polar surface area (TPSA) is 43.1 Å². The molecule has 0 saturated heterocycles. The number of rotatable bonds is 3. The molecule has 0 fully saturated rings. The summed E-state index contributed by atoms with van der Waals surface area (Å²) in [6.45, 7) is 4.21. The largest absolute Gasteiger partial charge is 0.298 e. The summed E-state index contributed by atoms with van der Waals surface area (Å²) >= 11 is 8.57. The molecule has 0 aromatic carbocycles. The van der Waals surface area contributed by atoms with E-state index in [-0.39, 0.29) is 0 Å². The Labute approximate surface area is 141 Å². The quantitative estimate of drug-likeness (QED) is 0.475. The molecule has 4 nitrogen and oxygen atoms in total. The molecule has 0 aliphatic carbocycles. The van der Waals surface area contributed by atoms with Crippen molar-refractivity contribution in [1.82, 2.24) is 19.4 Å². The van der Waals surface area contributed by atoms with E-state index in [1.165, 1.54) is 15.5 Å². The number of aryl methyl sites for hydroxylation is 1. The van der Waals surface area contributed by atoms with Crippen molar-refractivity contribution < 1.29 is 0 Å². The van der Waals surface area contributed by atoms with Gasteiger partial charge >= 0.3 is 0 Å². The van der Waals surface area contributed by atoms with Crippen LogP contribution >= 0.6 is 34.2 Å². The van der Waals surface area contributed by atoms with Gasteiger partial charge in [-0.05, 0) is 47.6 Å². The second-order valence-corrected chi connectivity index (χ2v) is 6.44. The molecule has 0 radical (unpaired) electrons. The lowest BCUT2D eigenvalue weighted by atomic mass is 10.1. The Hall–Kier alpha value is -1.21. The Balaban J connectivity index is 2.26. The van der Waals surface area contributed by atoms with Crippen LogP contribution in [0.4, 0.5) is 0 Å². The molecule has 0 aliphatic heterocycles. The third kappa shape index (κ3) is 2.64. The predicted octanol–water partition coefficient (Wildman–Crippen LogP) is 4.31. The van der Waals surface area contributed by atoms with Crippen molar-refractivity contribution in [3.63, 3.8) is 0 Å². The lowest BCUT2D eigenvalue weighted by Gasteiger charge is -2.09. The van der Waals surface area contributed by atoms with Gasteiger partial charge in [0.2, 0.25) is 0 Å². The zero-order chi connectivity index (χ0) is 15.0. The molecule has 0 spiro atoms. The first kappa shape index (κ1) is 14.7. The molecule has 0 aliphatic rings. The van der Waals surface area contributed by atoms with Crippen molar-refractivity contribution in [2.75, 3.05) is 0 Å². The molecule has 6 heteroatoms. The summed E-state index contributed by atoms with van der Waals surface area (Å²) in [4.78, 5) is 13.0. The Bertz CT molecular complexity index is 813. The molecule has 0 unspecified atom stereocenters. The maximum absolute atomic E-state index is 6.25. The van der Waals surface area contributed by atoms with Crippen molar-refractivity contribution in [3.05, 3.63) is 44.6 Å². The number of pyridine rings is 1. The van der Waals surface area contributed by atoms with E-state index >= 15 is 0 Å². The molecule has 0 bridgehead atoms. The van der Waals surface area contributed by atoms with E-state index in [0.29, 0.717) is 5.15 Å². The molecule has 3 aromatic heterocycles. The van der Waals surface area contributed by atoms with E-state index in [1.54, 1.807) is 0 Å². The van der Waals surface area contributed by atoms with Gasteiger partial charge < -0.3 is 0 Å². The van der Waals surface area contributed by atoms with Crippen molar-refractivity contribution in [2.45, 2.75) is 26.7 Å². The van der Waals surface area contributed by atoms with E-state index in [0.717, 1.165) is 35.4 Å². The highest BCUT2D eigenvalue weighted by Gasteiger charge is 2.15. The van der Waals surface area contributed by atoms with Gasteiger partial charge in [0.15, 0.2) is 0 Å². The van der Waals surface area contributed by atoms with Crippen LogP contribution in [-0.4, -0.2) is 19.4 Å². The number of halogens is 2. The second kappa shape index (κ2) is 5.88. The van der Waals surface area contributed by atoms with Gasteiger partial charge in [0, 0.05) is 15.3 Å². The first-order valence-electron chi connectivity index (χ1n) is 6.74. The van der Waals surface area contributed by atoms with E-state index in [4.69, 9.17) is 11.6 Å². The summed E-state index contributed by atoms with van der Waals surface area (Å²) in [6.07, 6.45) is 7.29. The average molecular weight is 413 g/mol. The molecular weight excluding hydrogens is 399 g/mol. The third-order valence-electron chi connectivity index (χ3n) is 3.42. The van der Waals surface area contributed by atoms with Gasteiger partial charge in [0.05, 0.1) is 17.6 Å². The van der Waals surface area contributed by atoms with E-state index in [1.807, 2.05) is 6.20 Å². The number of nitrogens with zero attached hydrogens (tertiary/aromatic N) is 4. The Morgan fingerprint density at radius 3 is 2.86 bits per heavy atom. The zero-order valence-electron chi connectivity index (χ0n) is 11.8. The first-order chi connectivity index (χ1) is 10.1. The summed E-state index contributed by atoms with van der Waals surface area (Å²) in [5.41, 5.74) is 4.93. The van der Waals surface area contributed by atoms with Crippen LogP contribution in [0, 0.1) is 10.5 Å². The van der Waals surface area contributed by atoms with Crippen molar-refractivity contribution in [1.29, 1.82) is 0 Å². The van der Waals surface area contributed by atoms with Gasteiger partial charge in [-0.3, -0.25) is 4.40 Å². The van der Waals surface area contributed by atoms with E-state index < -0.39 is 0 Å². The SMILES string of the molecule is CCCc1c(Cl)ncnc1-c1cnc2cc(I)c(C)cn12. The predicted molar refractivity (Wildman–Crippen MR) is 92.7 cm³/mol. The zero-order valence-corrected chi connectivity index (χ0v) is 14.7. The van der Waals surface area contributed by atoms with E-state index in [2.05, 4.69) is 68.1 Å². The van der Waals surface area contributed by atoms with Gasteiger partial charge in [0.25, 0.3) is 0 Å². The van der Waals surface area contributed by atoms with Crippen LogP contribution < -0.4 is 0 Å². The van der Waals surface area contributed by atoms with Crippen molar-refractivity contribution in [2.24, 2.45) is 0 Å². The third-order valence-corrected chi connectivity index (χ3v) is 4.90. The highest BCUT2D eigenvalue weighted by atomic mass is 127. The number of aromatic nitrogens is 4. The molecule has 3 rings (SSSR count). The fourth-order valence-electron chi connectivity index (χ4n) is 2.36. The molecule has 3 aromatic rings. The minimum absolute atomic E-state index is 0.527. The molecule has 108 valence electrons. The van der Waals surface area contributed by atoms with Crippen LogP contribution in [0.2, 0.25) is 5.15 Å². The molecule has 0 atom stereocenters. The number of fused-ring (bicyclic) bond motifs is 1. The lowest BCUT2D eigenvalue weighted by molar-refractivity contribution is 0.901. The summed E-state index contributed by atoms with van der Waals surface area (Å²) in [5.74, 6) is 0. The smallest absolute Gasteiger partial charge is 0.138 e. The summed E-state index contributed by atoms with van der Waals surface area (Å²) < 4.78 is 3.27. The highest BCUT2D eigenvalue weighted by Crippen LogP contribution is 2.28. The van der Waals surface area contributed by atoms with E-state index in [9.17, 15) is 0 Å². The van der Waals surface area contributed by atoms with Gasteiger partial charge in [-0.15, -0.1) is 0 Å². The normalized spacial score (nSPS) is 11.2. The highest BCUT2D eigenvalue weighted by molar-refractivity contribution is 14.1. The number of hydrogen-bond acceptors (Lipinski definition) is 3. The molecule has 0 N–H and O–H groups in total. The molecule has 3 heterocycles. The van der Waals surface area contributed by atoms with Crippen LogP contribution in [0.15, 0.2) is 24.8 Å². The standard InChI is InChI=1S/C15H14ClIN4/c1-3-4-10-14(19-8-20-15(10)16)12-6-18-13-5-11(17)9(2)7-21(12)13/h5-8H,3-4H2,1-2H3. The maximum Gasteiger partial charge on any atom is 0.138 e. The minimum Gasteiger partial charge on any atom is -0.298 e. The second-order valence-electron chi connectivity index (χ2n) is 4.92. The summed E-state index contributed by atoms with van der Waals surface area (Å²) in [7, 11) is 0. The lowest BCUT2D eigenvalue weighted by Crippen LogP contribution is -2.00. The molecule has 0 saturated carbocycles. The van der Waals surface area contributed by atoms with Crippen molar-refractivity contribution >= 4 is 39.8 Å². The average Bonchev–Trinajstić information content (AvgIpc) is 2.84. The van der Waals surface area contributed by atoms with Crippen LogP contribution in [0.5, 0.6) is 0 Å². The summed E-state index contributed by atoms with van der Waals surface area (Å²) in [5, 5.41) is 0.527. The fraction of sp³-hybridized carbons (Fsp3) is 0.267. The fourth-order valence-corrected chi connectivity index (χ4v) is 3.00. The van der Waals surface area contributed by atoms with Crippen molar-refractivity contribution in [3.8, 4) is 11.4 Å². The minimum atomic E-state index is 0.527. The summed E-state index contributed by atoms with van der Waals surface area (Å²) in [6, 6.07) is 2.07. The molecular formula is C15H14ClIN4. The van der Waals surface area contributed by atoms with Gasteiger partial charge in [0.1, 0.15) is 17.1 Å². The Morgan fingerprint density at radius 1 is 1.29 bits per heavy atom. The first-order valence-corrected chi connectivity index (χ1v) is 8.20. The number of imidazole rings is 1. The van der Waals surface area contributed by atoms with Crippen LogP contribution in [0.1, 0.15) is 24.5 Å². The molecule has 21 heavy (non-hydrogen) atoms. The monoisotopic (exact) mass is 412 g/mol. The maximum atomic E-state index is 6.25. The molecule has 0 amide bonds. The Kier molecular flexibility index (Phi) is 4.12. The van der Waals surface area contributed by atoms with Crippen LogP contribution in [-0.2, 0) is 6.42 Å². The van der Waals surface area contributed by atoms with Gasteiger partial charge in [-0.2, -0.15) is 0 Å². The number of hydrogen-bond donors (Lipinski definition) is 0. The van der Waals surface area contributed by atoms with Crippen LogP contribution in [0.25, 0.3) is 17.0 Å². The van der Waals surface area contributed by atoms with Crippen LogP contribution in [0.3, 0.4) is 0 Å².